The molecule has 3 aromatic heterocycles. The fourth-order valence-electron chi connectivity index (χ4n) is 6.56. The summed E-state index contributed by atoms with van der Waals surface area (Å²) in [7, 11) is 0. The summed E-state index contributed by atoms with van der Waals surface area (Å²) in [6.07, 6.45) is 4.89. The number of hydrogen-bond acceptors (Lipinski definition) is 9. The number of aliphatic carboxylic acids is 1. The number of rotatable bonds is 10. The molecule has 7 rings (SSSR count). The van der Waals surface area contributed by atoms with Crippen molar-refractivity contribution in [3.05, 3.63) is 68.7 Å². The van der Waals surface area contributed by atoms with Gasteiger partial charge < -0.3 is 23.7 Å². The molecule has 5 heterocycles. The molecule has 0 spiro atoms. The maximum absolute atomic E-state index is 14.2. The van der Waals surface area contributed by atoms with Gasteiger partial charge in [-0.1, -0.05) is 18.2 Å². The van der Waals surface area contributed by atoms with Crippen molar-refractivity contribution in [1.82, 2.24) is 14.1 Å². The van der Waals surface area contributed by atoms with Gasteiger partial charge in [0.05, 0.1) is 41.3 Å². The quantitative estimate of drug-likeness (QED) is 0.262. The number of benzene rings is 1. The predicted octanol–water partition coefficient (Wildman–Crippen LogP) is 4.83. The Labute approximate surface area is 252 Å². The number of thiophene rings is 1. The standard InChI is InChI=1S/C30H29F2N3O8S/c1-15-22-25(36)35(30(8-9-30)27(37)38)29(39)34(26(22)44-23(15)24-33-10-11-40-24)14-21(19-4-2-3-5-20(19)43-28(31)32)42-18-12-16-6-7-17(13-18)41-16/h2-5,10-11,16-18,21,28H,6-9,12-14H2,1H3,(H,37,38)/t16-,17-,21+/m1/s1. The third-order valence-corrected chi connectivity index (χ3v) is 10.1. The van der Waals surface area contributed by atoms with Crippen molar-refractivity contribution in [2.24, 2.45) is 0 Å². The number of aryl methyl sites for hydroxylation is 1. The molecule has 232 valence electrons. The molecule has 3 aliphatic rings. The molecule has 1 aliphatic carbocycles. The molecule has 0 unspecified atom stereocenters. The SMILES string of the molecule is Cc1c(-c2ncco2)sc2c1c(=O)n(C1(C(=O)O)CC1)c(=O)n2C[C@H](OC1C[C@H]2CC[C@H](C1)O2)c1ccccc1OC(F)F. The predicted molar refractivity (Wildman–Crippen MR) is 153 cm³/mol. The first-order chi connectivity index (χ1) is 21.2. The smallest absolute Gasteiger partial charge is 0.387 e. The Balaban J connectivity index is 1.41. The van der Waals surface area contributed by atoms with Crippen LogP contribution in [0.1, 0.15) is 55.8 Å². The first-order valence-corrected chi connectivity index (χ1v) is 15.2. The average molecular weight is 630 g/mol. The Morgan fingerprint density at radius 1 is 1.20 bits per heavy atom. The lowest BCUT2D eigenvalue weighted by Crippen LogP contribution is -2.49. The second-order valence-electron chi connectivity index (χ2n) is 11.5. The molecule has 1 saturated carbocycles. The van der Waals surface area contributed by atoms with Crippen molar-refractivity contribution in [2.75, 3.05) is 0 Å². The zero-order chi connectivity index (χ0) is 30.7. The minimum atomic E-state index is -3.10. The van der Waals surface area contributed by atoms with E-state index >= 15 is 0 Å². The van der Waals surface area contributed by atoms with Gasteiger partial charge in [0.25, 0.3) is 5.56 Å². The van der Waals surface area contributed by atoms with Crippen LogP contribution in [0, 0.1) is 6.92 Å². The number of alkyl halides is 2. The van der Waals surface area contributed by atoms with Crippen LogP contribution in [-0.4, -0.2) is 50.1 Å². The van der Waals surface area contributed by atoms with Crippen LogP contribution in [0.3, 0.4) is 0 Å². The van der Waals surface area contributed by atoms with E-state index in [2.05, 4.69) is 4.98 Å². The van der Waals surface area contributed by atoms with E-state index in [1.165, 1.54) is 23.1 Å². The first kappa shape index (κ1) is 28.9. The summed E-state index contributed by atoms with van der Waals surface area (Å²) in [4.78, 5) is 45.5. The molecular formula is C30H29F2N3O8S. The minimum Gasteiger partial charge on any atom is -0.479 e. The Kier molecular flexibility index (Phi) is 7.17. The highest BCUT2D eigenvalue weighted by molar-refractivity contribution is 7.22. The van der Waals surface area contributed by atoms with Crippen molar-refractivity contribution < 1.29 is 37.3 Å². The molecule has 3 atom stereocenters. The van der Waals surface area contributed by atoms with E-state index in [-0.39, 0.29) is 59.6 Å². The number of ether oxygens (including phenoxy) is 3. The van der Waals surface area contributed by atoms with Crippen molar-refractivity contribution in [2.45, 2.75) is 88.6 Å². The van der Waals surface area contributed by atoms with Crippen LogP contribution < -0.4 is 16.0 Å². The van der Waals surface area contributed by atoms with E-state index in [0.29, 0.717) is 28.8 Å². The van der Waals surface area contributed by atoms with Crippen LogP contribution in [0.2, 0.25) is 0 Å². The molecule has 2 saturated heterocycles. The molecule has 0 radical (unpaired) electrons. The largest absolute Gasteiger partial charge is 0.479 e. The minimum absolute atomic E-state index is 0.0249. The highest BCUT2D eigenvalue weighted by Crippen LogP contribution is 2.44. The van der Waals surface area contributed by atoms with Crippen LogP contribution in [0.5, 0.6) is 5.75 Å². The number of carbonyl (C=O) groups is 1. The molecule has 14 heteroatoms. The zero-order valence-corrected chi connectivity index (χ0v) is 24.4. The molecule has 2 aliphatic heterocycles. The molecule has 2 bridgehead atoms. The van der Waals surface area contributed by atoms with Crippen LogP contribution in [0.4, 0.5) is 8.78 Å². The van der Waals surface area contributed by atoms with Gasteiger partial charge in [0.1, 0.15) is 28.5 Å². The number of halogens is 2. The van der Waals surface area contributed by atoms with E-state index in [0.717, 1.165) is 28.7 Å². The Bertz CT molecular complexity index is 1830. The number of fused-ring (bicyclic) bond motifs is 3. The molecule has 11 nitrogen and oxygen atoms in total. The van der Waals surface area contributed by atoms with Crippen molar-refractivity contribution in [1.29, 1.82) is 0 Å². The summed E-state index contributed by atoms with van der Waals surface area (Å²) in [6, 6.07) is 6.24. The molecule has 0 amide bonds. The molecule has 4 aromatic rings. The lowest BCUT2D eigenvalue weighted by Gasteiger charge is -2.32. The summed E-state index contributed by atoms with van der Waals surface area (Å²) in [5.74, 6) is -1.13. The van der Waals surface area contributed by atoms with E-state index < -0.39 is 35.5 Å². The van der Waals surface area contributed by atoms with Crippen molar-refractivity contribution >= 4 is 27.5 Å². The van der Waals surface area contributed by atoms with E-state index in [4.69, 9.17) is 18.6 Å². The molecule has 3 fully saturated rings. The Morgan fingerprint density at radius 2 is 1.93 bits per heavy atom. The number of carboxylic acid groups (broad SMARTS) is 1. The number of oxazole rings is 1. The summed E-state index contributed by atoms with van der Waals surface area (Å²) in [6.45, 7) is -1.61. The highest BCUT2D eigenvalue weighted by Gasteiger charge is 2.55. The second-order valence-corrected chi connectivity index (χ2v) is 12.5. The van der Waals surface area contributed by atoms with Gasteiger partial charge in [0, 0.05) is 5.56 Å². The lowest BCUT2D eigenvalue weighted by molar-refractivity contribution is -0.142. The molecule has 44 heavy (non-hydrogen) atoms. The van der Waals surface area contributed by atoms with Gasteiger partial charge in [0.15, 0.2) is 0 Å². The third-order valence-electron chi connectivity index (χ3n) is 8.82. The summed E-state index contributed by atoms with van der Waals surface area (Å²) in [5, 5.41) is 10.3. The number of hydrogen-bond donors (Lipinski definition) is 1. The zero-order valence-electron chi connectivity index (χ0n) is 23.6. The second kappa shape index (κ2) is 10.9. The fraction of sp³-hybridized carbons (Fsp3) is 0.467. The van der Waals surface area contributed by atoms with Crippen LogP contribution in [-0.2, 0) is 26.4 Å². The van der Waals surface area contributed by atoms with Gasteiger partial charge in [-0.05, 0) is 57.1 Å². The van der Waals surface area contributed by atoms with Crippen LogP contribution in [0.15, 0.2) is 50.7 Å². The normalized spacial score (nSPS) is 22.9. The van der Waals surface area contributed by atoms with E-state index in [9.17, 15) is 28.3 Å². The van der Waals surface area contributed by atoms with Gasteiger partial charge in [-0.2, -0.15) is 8.78 Å². The lowest BCUT2D eigenvalue weighted by atomic mass is 10.0. The van der Waals surface area contributed by atoms with Gasteiger partial charge >= 0.3 is 18.3 Å². The summed E-state index contributed by atoms with van der Waals surface area (Å²) < 4.78 is 52.1. The van der Waals surface area contributed by atoms with Crippen molar-refractivity contribution in [3.63, 3.8) is 0 Å². The van der Waals surface area contributed by atoms with Crippen LogP contribution >= 0.6 is 11.3 Å². The maximum Gasteiger partial charge on any atom is 0.387 e. The van der Waals surface area contributed by atoms with E-state index in [1.54, 1.807) is 25.1 Å². The fourth-order valence-corrected chi connectivity index (χ4v) is 7.80. The monoisotopic (exact) mass is 629 g/mol. The number of aromatic nitrogens is 3. The molecular weight excluding hydrogens is 600 g/mol. The van der Waals surface area contributed by atoms with Gasteiger partial charge in [0.2, 0.25) is 5.89 Å². The average Bonchev–Trinajstić information content (AvgIpc) is 3.27. The van der Waals surface area contributed by atoms with E-state index in [1.807, 2.05) is 0 Å². The third kappa shape index (κ3) is 4.85. The molecule has 1 aromatic carbocycles. The first-order valence-electron chi connectivity index (χ1n) is 14.4. The summed E-state index contributed by atoms with van der Waals surface area (Å²) in [5.41, 5.74) is -2.43. The molecule has 1 N–H and O–H groups in total. The maximum atomic E-state index is 14.2. The summed E-state index contributed by atoms with van der Waals surface area (Å²) >= 11 is 1.11. The number of nitrogens with zero attached hydrogens (tertiary/aromatic N) is 3. The highest BCUT2D eigenvalue weighted by atomic mass is 32.1. The topological polar surface area (TPSA) is 135 Å². The van der Waals surface area contributed by atoms with Crippen LogP contribution in [0.25, 0.3) is 21.0 Å². The van der Waals surface area contributed by atoms with Gasteiger partial charge in [-0.3, -0.25) is 9.36 Å². The Morgan fingerprint density at radius 3 is 2.57 bits per heavy atom. The van der Waals surface area contributed by atoms with Gasteiger partial charge in [-0.15, -0.1) is 11.3 Å². The number of carboxylic acids is 1. The van der Waals surface area contributed by atoms with Gasteiger partial charge in [-0.25, -0.2) is 19.1 Å². The van der Waals surface area contributed by atoms with Crippen molar-refractivity contribution in [3.8, 4) is 16.5 Å². The Hall–Kier alpha value is -3.88. The number of para-hydroxylation sites is 1.